The number of aromatic nitrogens is 1. The van der Waals surface area contributed by atoms with Crippen LogP contribution in [0.3, 0.4) is 0 Å². The van der Waals surface area contributed by atoms with E-state index < -0.39 is 6.10 Å². The maximum Gasteiger partial charge on any atom is 0.320 e. The van der Waals surface area contributed by atoms with E-state index >= 15 is 0 Å². The van der Waals surface area contributed by atoms with Gasteiger partial charge in [0, 0.05) is 52.4 Å². The van der Waals surface area contributed by atoms with E-state index in [2.05, 4.69) is 34.1 Å². The summed E-state index contributed by atoms with van der Waals surface area (Å²) in [6, 6.07) is 13.9. The van der Waals surface area contributed by atoms with E-state index in [0.717, 1.165) is 51.1 Å². The van der Waals surface area contributed by atoms with Gasteiger partial charge in [-0.25, -0.2) is 9.78 Å². The Bertz CT molecular complexity index is 1050. The van der Waals surface area contributed by atoms with Crippen LogP contribution in [0.25, 0.3) is 0 Å². The number of aliphatic hydroxyl groups is 1. The van der Waals surface area contributed by atoms with Crippen molar-refractivity contribution in [3.05, 3.63) is 65.0 Å². The first kappa shape index (κ1) is 23.8. The van der Waals surface area contributed by atoms with Gasteiger partial charge in [0.15, 0.2) is 0 Å². The van der Waals surface area contributed by atoms with E-state index in [1.165, 1.54) is 17.5 Å². The molecule has 0 radical (unpaired) electrons. The third-order valence-corrected chi connectivity index (χ3v) is 7.31. The molecule has 0 bridgehead atoms. The molecule has 2 aromatic rings. The monoisotopic (exact) mass is 477 g/mol. The summed E-state index contributed by atoms with van der Waals surface area (Å²) in [5, 5.41) is 10.7. The fourth-order valence-electron chi connectivity index (χ4n) is 5.41. The highest BCUT2D eigenvalue weighted by atomic mass is 16.3. The molecular weight excluding hydrogens is 442 g/mol. The molecule has 2 saturated heterocycles. The summed E-state index contributed by atoms with van der Waals surface area (Å²) >= 11 is 0. The molecule has 1 aromatic carbocycles. The summed E-state index contributed by atoms with van der Waals surface area (Å²) in [4.78, 5) is 38.0. The first-order valence-corrected chi connectivity index (χ1v) is 12.8. The van der Waals surface area contributed by atoms with Gasteiger partial charge in [0.2, 0.25) is 0 Å². The van der Waals surface area contributed by atoms with Gasteiger partial charge >= 0.3 is 6.03 Å². The molecule has 3 aliphatic rings. The lowest BCUT2D eigenvalue weighted by Gasteiger charge is -2.31. The van der Waals surface area contributed by atoms with Crippen LogP contribution in [0.15, 0.2) is 42.5 Å². The molecule has 1 atom stereocenters. The highest BCUT2D eigenvalue weighted by Crippen LogP contribution is 2.20. The van der Waals surface area contributed by atoms with E-state index in [9.17, 15) is 14.7 Å². The fourth-order valence-corrected chi connectivity index (χ4v) is 5.41. The summed E-state index contributed by atoms with van der Waals surface area (Å²) in [7, 11) is 0. The molecule has 0 aliphatic carbocycles. The average molecular weight is 478 g/mol. The number of carbonyl (C=O) groups is 2. The molecule has 35 heavy (non-hydrogen) atoms. The number of fused-ring (bicyclic) bond motifs is 1. The van der Waals surface area contributed by atoms with E-state index in [1.807, 2.05) is 17.0 Å². The maximum absolute atomic E-state index is 13.0. The second kappa shape index (κ2) is 10.7. The van der Waals surface area contributed by atoms with Gasteiger partial charge in [0.25, 0.3) is 5.91 Å². The van der Waals surface area contributed by atoms with Crippen LogP contribution >= 0.6 is 0 Å². The largest absolute Gasteiger partial charge is 0.390 e. The fraction of sp³-hybridized carbons (Fsp3) is 0.519. The van der Waals surface area contributed by atoms with Crippen molar-refractivity contribution in [3.63, 3.8) is 0 Å². The second-order valence-corrected chi connectivity index (χ2v) is 9.92. The van der Waals surface area contributed by atoms with Gasteiger partial charge in [0.1, 0.15) is 5.69 Å². The van der Waals surface area contributed by atoms with Crippen molar-refractivity contribution < 1.29 is 14.7 Å². The van der Waals surface area contributed by atoms with Crippen LogP contribution < -0.4 is 0 Å². The Labute approximate surface area is 207 Å². The predicted octanol–water partition coefficient (Wildman–Crippen LogP) is 2.36. The van der Waals surface area contributed by atoms with Crippen molar-refractivity contribution >= 4 is 11.9 Å². The lowest BCUT2D eigenvalue weighted by molar-refractivity contribution is 0.0717. The normalized spacial score (nSPS) is 19.7. The molecule has 1 aromatic heterocycles. The quantitative estimate of drug-likeness (QED) is 0.662. The Morgan fingerprint density at radius 3 is 2.49 bits per heavy atom. The standard InChI is InChI=1S/C27H35N5O3/c33-24(19-29-14-11-21-7-2-3-8-22(21)17-29)20-32-16-15-31(27(32)35)18-23-9-6-10-25(28-23)26(34)30-12-4-1-5-13-30/h2-3,6-10,24,33H,1,4-5,11-20H2/t24-/m1/s1. The molecule has 1 N–H and O–H groups in total. The van der Waals surface area contributed by atoms with Gasteiger partial charge in [-0.05, 0) is 48.9 Å². The highest BCUT2D eigenvalue weighted by Gasteiger charge is 2.31. The number of piperidine rings is 1. The minimum absolute atomic E-state index is 0.0237. The smallest absolute Gasteiger partial charge is 0.320 e. The van der Waals surface area contributed by atoms with Gasteiger partial charge in [-0.3, -0.25) is 9.69 Å². The molecule has 2 fully saturated rings. The van der Waals surface area contributed by atoms with Crippen LogP contribution in [0.1, 0.15) is 46.6 Å². The first-order valence-electron chi connectivity index (χ1n) is 12.8. The highest BCUT2D eigenvalue weighted by molar-refractivity contribution is 5.92. The van der Waals surface area contributed by atoms with Crippen LogP contribution in [0.5, 0.6) is 0 Å². The zero-order valence-corrected chi connectivity index (χ0v) is 20.3. The van der Waals surface area contributed by atoms with Crippen molar-refractivity contribution in [2.24, 2.45) is 0 Å². The number of hydrogen-bond donors (Lipinski definition) is 1. The number of benzene rings is 1. The van der Waals surface area contributed by atoms with Crippen LogP contribution in [0.2, 0.25) is 0 Å². The number of nitrogens with zero attached hydrogens (tertiary/aromatic N) is 5. The van der Waals surface area contributed by atoms with Crippen LogP contribution in [-0.4, -0.2) is 93.5 Å². The molecule has 5 rings (SSSR count). The molecule has 8 nitrogen and oxygen atoms in total. The number of β-amino-alcohol motifs (C(OH)–C–C–N with tert-alkyl or cyclic N) is 1. The van der Waals surface area contributed by atoms with E-state index in [0.29, 0.717) is 38.4 Å². The van der Waals surface area contributed by atoms with Crippen molar-refractivity contribution in [2.75, 3.05) is 45.8 Å². The second-order valence-electron chi connectivity index (χ2n) is 9.92. The Morgan fingerprint density at radius 1 is 0.886 bits per heavy atom. The van der Waals surface area contributed by atoms with Gasteiger partial charge in [0.05, 0.1) is 18.3 Å². The minimum atomic E-state index is -0.590. The molecule has 186 valence electrons. The Balaban J connectivity index is 1.13. The zero-order chi connectivity index (χ0) is 24.2. The molecular formula is C27H35N5O3. The lowest BCUT2D eigenvalue weighted by Crippen LogP contribution is -2.43. The Hall–Kier alpha value is -2.97. The number of hydrogen-bond acceptors (Lipinski definition) is 5. The number of pyridine rings is 1. The number of urea groups is 1. The number of rotatable bonds is 7. The lowest BCUT2D eigenvalue weighted by atomic mass is 10.00. The maximum atomic E-state index is 13.0. The van der Waals surface area contributed by atoms with Crippen LogP contribution in [-0.2, 0) is 19.5 Å². The Morgan fingerprint density at radius 2 is 1.66 bits per heavy atom. The molecule has 3 aliphatic heterocycles. The topological polar surface area (TPSA) is 80.2 Å². The summed E-state index contributed by atoms with van der Waals surface area (Å²) in [6.07, 6.45) is 3.66. The molecule has 3 amide bonds. The number of amides is 3. The van der Waals surface area contributed by atoms with Gasteiger partial charge in [-0.15, -0.1) is 0 Å². The van der Waals surface area contributed by atoms with Crippen molar-refractivity contribution in [3.8, 4) is 0 Å². The van der Waals surface area contributed by atoms with Gasteiger partial charge in [-0.1, -0.05) is 30.3 Å². The molecule has 4 heterocycles. The summed E-state index contributed by atoms with van der Waals surface area (Å²) in [5.41, 5.74) is 3.88. The minimum Gasteiger partial charge on any atom is -0.390 e. The van der Waals surface area contributed by atoms with Crippen molar-refractivity contribution in [1.29, 1.82) is 0 Å². The van der Waals surface area contributed by atoms with Crippen molar-refractivity contribution in [2.45, 2.75) is 44.9 Å². The zero-order valence-electron chi connectivity index (χ0n) is 20.3. The molecule has 8 heteroatoms. The predicted molar refractivity (Wildman–Crippen MR) is 133 cm³/mol. The van der Waals surface area contributed by atoms with Gasteiger partial charge < -0.3 is 19.8 Å². The Kier molecular flexibility index (Phi) is 7.29. The summed E-state index contributed by atoms with van der Waals surface area (Å²) < 4.78 is 0. The summed E-state index contributed by atoms with van der Waals surface area (Å²) in [6.45, 7) is 5.77. The van der Waals surface area contributed by atoms with Crippen LogP contribution in [0.4, 0.5) is 4.79 Å². The third kappa shape index (κ3) is 5.65. The SMILES string of the molecule is O=C(c1cccc(CN2CCN(C[C@H](O)CN3CCc4ccccc4C3)C2=O)n1)N1CCCCC1. The molecule has 0 saturated carbocycles. The molecule has 0 spiro atoms. The van der Waals surface area contributed by atoms with Crippen molar-refractivity contribution in [1.82, 2.24) is 24.6 Å². The number of aliphatic hydroxyl groups excluding tert-OH is 1. The molecule has 0 unspecified atom stereocenters. The average Bonchev–Trinajstić information content (AvgIpc) is 3.22. The third-order valence-electron chi connectivity index (χ3n) is 7.31. The van der Waals surface area contributed by atoms with E-state index in [4.69, 9.17) is 0 Å². The van der Waals surface area contributed by atoms with E-state index in [-0.39, 0.29) is 11.9 Å². The van der Waals surface area contributed by atoms with E-state index in [1.54, 1.807) is 15.9 Å². The number of likely N-dealkylation sites (tertiary alicyclic amines) is 1. The summed E-state index contributed by atoms with van der Waals surface area (Å²) in [5.74, 6) is -0.0237. The van der Waals surface area contributed by atoms with Gasteiger partial charge in [-0.2, -0.15) is 0 Å². The number of carbonyl (C=O) groups excluding carboxylic acids is 2. The van der Waals surface area contributed by atoms with Crippen LogP contribution in [0, 0.1) is 0 Å². The first-order chi connectivity index (χ1) is 17.1.